The average Bonchev–Trinajstić information content (AvgIpc) is 2.41. The van der Waals surface area contributed by atoms with E-state index in [1.54, 1.807) is 0 Å². The van der Waals surface area contributed by atoms with Crippen molar-refractivity contribution in [2.24, 2.45) is 0 Å². The SMILES string of the molecule is CC(C)(C)c1ccc2c(c1)Oc1ccc(C(F)(F)F)cc1N2. The molecule has 116 valence electrons. The summed E-state index contributed by atoms with van der Waals surface area (Å²) in [5.41, 5.74) is 1.37. The lowest BCUT2D eigenvalue weighted by Gasteiger charge is -2.26. The third-order valence-corrected chi connectivity index (χ3v) is 3.64. The monoisotopic (exact) mass is 307 g/mol. The van der Waals surface area contributed by atoms with Gasteiger partial charge in [-0.1, -0.05) is 26.8 Å². The van der Waals surface area contributed by atoms with Crippen molar-refractivity contribution < 1.29 is 17.9 Å². The van der Waals surface area contributed by atoms with Crippen molar-refractivity contribution in [3.05, 3.63) is 47.5 Å². The van der Waals surface area contributed by atoms with Gasteiger partial charge in [-0.3, -0.25) is 0 Å². The predicted molar refractivity (Wildman–Crippen MR) is 79.9 cm³/mol. The van der Waals surface area contributed by atoms with Crippen LogP contribution in [0.4, 0.5) is 24.5 Å². The Morgan fingerprint density at radius 2 is 1.50 bits per heavy atom. The fourth-order valence-corrected chi connectivity index (χ4v) is 2.33. The van der Waals surface area contributed by atoms with Gasteiger partial charge in [0.15, 0.2) is 11.5 Å². The summed E-state index contributed by atoms with van der Waals surface area (Å²) >= 11 is 0. The number of rotatable bonds is 0. The van der Waals surface area contributed by atoms with Crippen molar-refractivity contribution in [2.45, 2.75) is 32.4 Å². The Morgan fingerprint density at radius 1 is 0.818 bits per heavy atom. The summed E-state index contributed by atoms with van der Waals surface area (Å²) in [6, 6.07) is 9.14. The number of alkyl halides is 3. The normalized spacial score (nSPS) is 13.7. The quantitative estimate of drug-likeness (QED) is 0.562. The van der Waals surface area contributed by atoms with Gasteiger partial charge in [0.1, 0.15) is 0 Å². The van der Waals surface area contributed by atoms with Gasteiger partial charge in [-0.15, -0.1) is 0 Å². The van der Waals surface area contributed by atoms with Gasteiger partial charge < -0.3 is 10.1 Å². The fraction of sp³-hybridized carbons (Fsp3) is 0.294. The van der Waals surface area contributed by atoms with Crippen molar-refractivity contribution >= 4 is 11.4 Å². The predicted octanol–water partition coefficient (Wildman–Crippen LogP) is 5.85. The average molecular weight is 307 g/mol. The van der Waals surface area contributed by atoms with Gasteiger partial charge in [-0.25, -0.2) is 0 Å². The number of hydrogen-bond donors (Lipinski definition) is 1. The number of halogens is 3. The van der Waals surface area contributed by atoms with E-state index < -0.39 is 11.7 Å². The van der Waals surface area contributed by atoms with E-state index in [0.717, 1.165) is 17.7 Å². The van der Waals surface area contributed by atoms with Gasteiger partial charge in [-0.05, 0) is 41.3 Å². The summed E-state index contributed by atoms with van der Waals surface area (Å²) < 4.78 is 44.1. The lowest BCUT2D eigenvalue weighted by molar-refractivity contribution is -0.137. The zero-order chi connectivity index (χ0) is 16.1. The maximum Gasteiger partial charge on any atom is 0.416 e. The Morgan fingerprint density at radius 3 is 2.14 bits per heavy atom. The molecule has 0 radical (unpaired) electrons. The van der Waals surface area contributed by atoms with E-state index in [-0.39, 0.29) is 5.41 Å². The summed E-state index contributed by atoms with van der Waals surface area (Å²) in [6.45, 7) is 6.28. The molecule has 0 bridgehead atoms. The molecular weight excluding hydrogens is 291 g/mol. The van der Waals surface area contributed by atoms with Crippen molar-refractivity contribution in [1.29, 1.82) is 0 Å². The number of ether oxygens (including phenoxy) is 1. The molecule has 0 amide bonds. The van der Waals surface area contributed by atoms with Gasteiger partial charge in [0.25, 0.3) is 0 Å². The van der Waals surface area contributed by atoms with Crippen LogP contribution in [0.3, 0.4) is 0 Å². The zero-order valence-electron chi connectivity index (χ0n) is 12.5. The fourth-order valence-electron chi connectivity index (χ4n) is 2.33. The molecule has 0 fully saturated rings. The number of anilines is 2. The molecule has 0 atom stereocenters. The lowest BCUT2D eigenvalue weighted by Crippen LogP contribution is -2.12. The number of hydrogen-bond acceptors (Lipinski definition) is 2. The third-order valence-electron chi connectivity index (χ3n) is 3.64. The summed E-state index contributed by atoms with van der Waals surface area (Å²) in [5, 5.41) is 3.01. The van der Waals surface area contributed by atoms with Crippen LogP contribution < -0.4 is 10.1 Å². The second-order valence-electron chi connectivity index (χ2n) is 6.40. The van der Waals surface area contributed by atoms with E-state index in [9.17, 15) is 13.2 Å². The highest BCUT2D eigenvalue weighted by Crippen LogP contribution is 2.45. The minimum atomic E-state index is -4.37. The first-order valence-electron chi connectivity index (χ1n) is 6.95. The molecule has 0 aromatic heterocycles. The van der Waals surface area contributed by atoms with E-state index in [0.29, 0.717) is 22.9 Å². The standard InChI is InChI=1S/C17H16F3NO/c1-16(2,3)10-4-6-12-15(9-10)22-14-7-5-11(17(18,19)20)8-13(14)21-12/h4-9,21H,1-3H3. The Balaban J connectivity index is 1.99. The Hall–Kier alpha value is -2.17. The van der Waals surface area contributed by atoms with Crippen LogP contribution in [0.25, 0.3) is 0 Å². The van der Waals surface area contributed by atoms with Gasteiger partial charge in [-0.2, -0.15) is 13.2 Å². The van der Waals surface area contributed by atoms with Crippen LogP contribution >= 0.6 is 0 Å². The maximum absolute atomic E-state index is 12.8. The minimum absolute atomic E-state index is 0.0290. The van der Waals surface area contributed by atoms with Crippen LogP contribution in [-0.4, -0.2) is 0 Å². The third kappa shape index (κ3) is 2.63. The summed E-state index contributed by atoms with van der Waals surface area (Å²) in [6.07, 6.45) is -4.37. The van der Waals surface area contributed by atoms with Gasteiger partial charge >= 0.3 is 6.18 Å². The smallest absolute Gasteiger partial charge is 0.416 e. The number of fused-ring (bicyclic) bond motifs is 2. The first-order chi connectivity index (χ1) is 10.1. The topological polar surface area (TPSA) is 21.3 Å². The molecule has 1 N–H and O–H groups in total. The minimum Gasteiger partial charge on any atom is -0.453 e. The second kappa shape index (κ2) is 4.66. The molecule has 22 heavy (non-hydrogen) atoms. The molecule has 0 spiro atoms. The van der Waals surface area contributed by atoms with E-state index >= 15 is 0 Å². The molecular formula is C17H16F3NO. The summed E-state index contributed by atoms with van der Waals surface area (Å²) in [7, 11) is 0. The van der Waals surface area contributed by atoms with E-state index in [1.165, 1.54) is 6.07 Å². The maximum atomic E-state index is 12.8. The molecule has 2 aromatic carbocycles. The van der Waals surface area contributed by atoms with Crippen LogP contribution in [0, 0.1) is 0 Å². The highest BCUT2D eigenvalue weighted by Gasteiger charge is 2.32. The largest absolute Gasteiger partial charge is 0.453 e. The molecule has 2 aromatic rings. The van der Waals surface area contributed by atoms with Crippen molar-refractivity contribution in [2.75, 3.05) is 5.32 Å². The molecule has 0 aliphatic carbocycles. The van der Waals surface area contributed by atoms with E-state index in [2.05, 4.69) is 26.1 Å². The first-order valence-corrected chi connectivity index (χ1v) is 6.95. The summed E-state index contributed by atoms with van der Waals surface area (Å²) in [4.78, 5) is 0. The van der Waals surface area contributed by atoms with Crippen LogP contribution in [0.1, 0.15) is 31.9 Å². The van der Waals surface area contributed by atoms with Crippen LogP contribution in [0.5, 0.6) is 11.5 Å². The van der Waals surface area contributed by atoms with Crippen LogP contribution in [0.15, 0.2) is 36.4 Å². The Bertz CT molecular complexity index is 666. The van der Waals surface area contributed by atoms with Crippen LogP contribution in [0.2, 0.25) is 0 Å². The molecule has 0 unspecified atom stereocenters. The van der Waals surface area contributed by atoms with E-state index in [4.69, 9.17) is 4.74 Å². The molecule has 1 aliphatic rings. The van der Waals surface area contributed by atoms with Gasteiger partial charge in [0.2, 0.25) is 0 Å². The molecule has 5 heteroatoms. The van der Waals surface area contributed by atoms with E-state index in [1.807, 2.05) is 18.2 Å². The Labute approximate surface area is 126 Å². The Kier molecular flexibility index (Phi) is 3.13. The zero-order valence-corrected chi connectivity index (χ0v) is 12.5. The van der Waals surface area contributed by atoms with Crippen molar-refractivity contribution in [1.82, 2.24) is 0 Å². The lowest BCUT2D eigenvalue weighted by atomic mass is 9.87. The molecule has 3 rings (SSSR count). The van der Waals surface area contributed by atoms with Gasteiger partial charge in [0, 0.05) is 0 Å². The molecule has 2 nitrogen and oxygen atoms in total. The first kappa shape index (κ1) is 14.8. The molecule has 0 saturated carbocycles. The van der Waals surface area contributed by atoms with Crippen LogP contribution in [-0.2, 0) is 11.6 Å². The van der Waals surface area contributed by atoms with Gasteiger partial charge in [0.05, 0.1) is 16.9 Å². The number of nitrogens with one attached hydrogen (secondary N) is 1. The summed E-state index contributed by atoms with van der Waals surface area (Å²) in [5.74, 6) is 1.02. The number of benzene rings is 2. The molecule has 1 heterocycles. The molecule has 0 saturated heterocycles. The highest BCUT2D eigenvalue weighted by molar-refractivity contribution is 5.76. The van der Waals surface area contributed by atoms with Crippen molar-refractivity contribution in [3.8, 4) is 11.5 Å². The molecule has 1 aliphatic heterocycles. The highest BCUT2D eigenvalue weighted by atomic mass is 19.4. The van der Waals surface area contributed by atoms with Crippen molar-refractivity contribution in [3.63, 3.8) is 0 Å². The second-order valence-corrected chi connectivity index (χ2v) is 6.40.